The minimum atomic E-state index is -0.236. The van der Waals surface area contributed by atoms with Crippen LogP contribution in [-0.2, 0) is 4.79 Å². The highest BCUT2D eigenvalue weighted by Gasteiger charge is 2.15. The summed E-state index contributed by atoms with van der Waals surface area (Å²) < 4.78 is 12.1. The van der Waals surface area contributed by atoms with Crippen molar-refractivity contribution in [3.63, 3.8) is 0 Å². The lowest BCUT2D eigenvalue weighted by Gasteiger charge is -2.12. The molecule has 0 aliphatic carbocycles. The summed E-state index contributed by atoms with van der Waals surface area (Å²) in [6, 6.07) is 3.21. The van der Waals surface area contributed by atoms with Gasteiger partial charge in [-0.1, -0.05) is 23.4 Å². The van der Waals surface area contributed by atoms with Crippen LogP contribution < -0.4 is 14.8 Å². The molecule has 0 spiro atoms. The van der Waals surface area contributed by atoms with Gasteiger partial charge in [0.15, 0.2) is 0 Å². The Kier molecular flexibility index (Phi) is 5.95. The Morgan fingerprint density at radius 1 is 1.18 bits per heavy atom. The van der Waals surface area contributed by atoms with Crippen LogP contribution in [0.4, 0.5) is 5.69 Å². The fourth-order valence-electron chi connectivity index (χ4n) is 2.57. The van der Waals surface area contributed by atoms with E-state index in [9.17, 15) is 4.79 Å². The number of ether oxygens (including phenoxy) is 2. The molecule has 1 aromatic carbocycles. The molecule has 0 saturated heterocycles. The van der Waals surface area contributed by atoms with Crippen LogP contribution in [0.15, 0.2) is 17.3 Å². The zero-order valence-electron chi connectivity index (χ0n) is 16.2. The summed E-state index contributed by atoms with van der Waals surface area (Å²) in [5.41, 5.74) is 3.42. The molecule has 0 aliphatic heterocycles. The number of carbonyl (C=O) groups is 1. The third-order valence-corrected chi connectivity index (χ3v) is 5.45. The Morgan fingerprint density at radius 3 is 2.57 bits per heavy atom. The van der Waals surface area contributed by atoms with E-state index in [-0.39, 0.29) is 11.7 Å². The van der Waals surface area contributed by atoms with Gasteiger partial charge in [0.1, 0.15) is 11.5 Å². The lowest BCUT2D eigenvalue weighted by molar-refractivity contribution is -0.113. The van der Waals surface area contributed by atoms with Crippen LogP contribution in [0.1, 0.15) is 17.0 Å². The molecule has 2 heterocycles. The number of hydrogen-bond acceptors (Lipinski definition) is 7. The molecule has 1 N–H and O–H groups in total. The second-order valence-electron chi connectivity index (χ2n) is 6.04. The number of halogens is 1. The summed E-state index contributed by atoms with van der Waals surface area (Å²) in [5, 5.41) is 8.07. The molecule has 0 aliphatic rings. The van der Waals surface area contributed by atoms with Crippen LogP contribution in [0, 0.1) is 20.8 Å². The minimum Gasteiger partial charge on any atom is -0.495 e. The maximum absolute atomic E-state index is 12.4. The summed E-state index contributed by atoms with van der Waals surface area (Å²) in [6.45, 7) is 5.89. The highest BCUT2D eigenvalue weighted by atomic mass is 35.5. The number of nitrogens with one attached hydrogen (secondary N) is 1. The van der Waals surface area contributed by atoms with Gasteiger partial charge in [-0.2, -0.15) is 4.98 Å². The van der Waals surface area contributed by atoms with Gasteiger partial charge in [-0.25, -0.2) is 9.50 Å². The molecule has 0 radical (unpaired) electrons. The summed E-state index contributed by atoms with van der Waals surface area (Å²) in [7, 11) is 3.02. The van der Waals surface area contributed by atoms with Gasteiger partial charge >= 0.3 is 0 Å². The van der Waals surface area contributed by atoms with E-state index in [1.165, 1.54) is 26.0 Å². The monoisotopic (exact) mass is 421 g/mol. The second kappa shape index (κ2) is 8.24. The van der Waals surface area contributed by atoms with E-state index in [1.807, 2.05) is 20.8 Å². The maximum atomic E-state index is 12.4. The predicted molar refractivity (Wildman–Crippen MR) is 109 cm³/mol. The number of carbonyl (C=O) groups excluding carboxylic acids is 1. The molecule has 0 atom stereocenters. The van der Waals surface area contributed by atoms with Crippen LogP contribution in [0.3, 0.4) is 0 Å². The van der Waals surface area contributed by atoms with Gasteiger partial charge in [-0.15, -0.1) is 5.10 Å². The summed E-state index contributed by atoms with van der Waals surface area (Å²) in [5.74, 6) is 1.33. The average Bonchev–Trinajstić information content (AvgIpc) is 3.08. The highest BCUT2D eigenvalue weighted by molar-refractivity contribution is 7.99. The first kappa shape index (κ1) is 20.2. The summed E-state index contributed by atoms with van der Waals surface area (Å²) >= 11 is 7.36. The Hall–Kier alpha value is -2.52. The molecular weight excluding hydrogens is 402 g/mol. The molecule has 0 bridgehead atoms. The minimum absolute atomic E-state index is 0.126. The zero-order chi connectivity index (χ0) is 20.4. The van der Waals surface area contributed by atoms with Crippen LogP contribution in [0.25, 0.3) is 5.78 Å². The van der Waals surface area contributed by atoms with Crippen molar-refractivity contribution in [3.8, 4) is 11.5 Å². The van der Waals surface area contributed by atoms with Crippen LogP contribution in [0.5, 0.6) is 11.5 Å². The molecule has 0 saturated carbocycles. The van der Waals surface area contributed by atoms with Crippen molar-refractivity contribution in [1.29, 1.82) is 0 Å². The Morgan fingerprint density at radius 2 is 1.89 bits per heavy atom. The zero-order valence-corrected chi connectivity index (χ0v) is 17.7. The maximum Gasteiger partial charge on any atom is 0.253 e. The Labute approximate surface area is 171 Å². The van der Waals surface area contributed by atoms with Crippen molar-refractivity contribution in [1.82, 2.24) is 19.6 Å². The number of thioether (sulfide) groups is 1. The molecule has 148 valence electrons. The molecule has 0 unspecified atom stereocenters. The van der Waals surface area contributed by atoms with Crippen LogP contribution >= 0.6 is 23.4 Å². The van der Waals surface area contributed by atoms with Gasteiger partial charge in [0.2, 0.25) is 11.1 Å². The SMILES string of the molecule is COc1cc(OC)c(NC(=O)CSc2nc3nc(C)c(C)c(C)n3n2)cc1Cl. The highest BCUT2D eigenvalue weighted by Crippen LogP contribution is 2.36. The number of anilines is 1. The number of fused-ring (bicyclic) bond motifs is 1. The molecule has 1 amide bonds. The van der Waals surface area contributed by atoms with Crippen LogP contribution in [-0.4, -0.2) is 45.5 Å². The smallest absolute Gasteiger partial charge is 0.253 e. The number of benzene rings is 1. The largest absolute Gasteiger partial charge is 0.495 e. The number of hydrogen-bond donors (Lipinski definition) is 1. The number of methoxy groups -OCH3 is 2. The van der Waals surface area contributed by atoms with Gasteiger partial charge in [0.25, 0.3) is 5.78 Å². The first-order valence-electron chi connectivity index (χ1n) is 8.38. The van der Waals surface area contributed by atoms with Crippen molar-refractivity contribution in [2.45, 2.75) is 25.9 Å². The number of aryl methyl sites for hydroxylation is 2. The van der Waals surface area contributed by atoms with Crippen molar-refractivity contribution in [2.24, 2.45) is 0 Å². The lowest BCUT2D eigenvalue weighted by atomic mass is 10.2. The first-order chi connectivity index (χ1) is 13.3. The quantitative estimate of drug-likeness (QED) is 0.609. The van der Waals surface area contributed by atoms with Gasteiger partial charge in [0, 0.05) is 17.5 Å². The number of nitrogens with zero attached hydrogens (tertiary/aromatic N) is 4. The van der Waals surface area contributed by atoms with Crippen molar-refractivity contribution >= 4 is 40.7 Å². The number of amides is 1. The van der Waals surface area contributed by atoms with Crippen molar-refractivity contribution in [2.75, 3.05) is 25.3 Å². The molecule has 10 heteroatoms. The predicted octanol–water partition coefficient (Wildman–Crippen LogP) is 3.45. The Bertz CT molecular complexity index is 1050. The molecular formula is C18H20ClN5O3S. The third kappa shape index (κ3) is 4.00. The normalized spacial score (nSPS) is 10.9. The van der Waals surface area contributed by atoms with Gasteiger partial charge in [0.05, 0.1) is 30.7 Å². The van der Waals surface area contributed by atoms with Crippen molar-refractivity contribution in [3.05, 3.63) is 34.1 Å². The molecule has 3 rings (SSSR count). The third-order valence-electron chi connectivity index (χ3n) is 4.32. The van der Waals surface area contributed by atoms with E-state index in [0.29, 0.717) is 33.1 Å². The summed E-state index contributed by atoms with van der Waals surface area (Å²) in [6.07, 6.45) is 0. The van der Waals surface area contributed by atoms with E-state index < -0.39 is 0 Å². The van der Waals surface area contributed by atoms with E-state index >= 15 is 0 Å². The fraction of sp³-hybridized carbons (Fsp3) is 0.333. The average molecular weight is 422 g/mol. The van der Waals surface area contributed by atoms with E-state index in [0.717, 1.165) is 17.0 Å². The van der Waals surface area contributed by atoms with E-state index in [2.05, 4.69) is 20.4 Å². The topological polar surface area (TPSA) is 90.6 Å². The lowest BCUT2D eigenvalue weighted by Crippen LogP contribution is -2.15. The standard InChI is InChI=1S/C18H20ClN5O3S/c1-9-10(2)20-17-22-18(23-24(17)11(9)3)28-8-16(25)21-13-6-12(19)14(26-4)7-15(13)27-5/h6-7H,8H2,1-5H3,(H,21,25). The van der Waals surface area contributed by atoms with Gasteiger partial charge in [-0.05, 0) is 32.4 Å². The molecule has 28 heavy (non-hydrogen) atoms. The van der Waals surface area contributed by atoms with Gasteiger partial charge < -0.3 is 14.8 Å². The van der Waals surface area contributed by atoms with Gasteiger partial charge in [-0.3, -0.25) is 4.79 Å². The number of rotatable bonds is 6. The van der Waals surface area contributed by atoms with E-state index in [1.54, 1.807) is 16.6 Å². The Balaban J connectivity index is 1.72. The number of aromatic nitrogens is 4. The second-order valence-corrected chi connectivity index (χ2v) is 7.39. The first-order valence-corrected chi connectivity index (χ1v) is 9.75. The molecule has 3 aromatic rings. The van der Waals surface area contributed by atoms with Crippen molar-refractivity contribution < 1.29 is 14.3 Å². The molecule has 0 fully saturated rings. The molecule has 8 nitrogen and oxygen atoms in total. The van der Waals surface area contributed by atoms with E-state index in [4.69, 9.17) is 21.1 Å². The fourth-order valence-corrected chi connectivity index (χ4v) is 3.43. The van der Waals surface area contributed by atoms with Crippen LogP contribution in [0.2, 0.25) is 5.02 Å². The molecule has 2 aromatic heterocycles. The summed E-state index contributed by atoms with van der Waals surface area (Å²) in [4.78, 5) is 21.2.